The Kier molecular flexibility index (Phi) is 5.58. The molecule has 0 aliphatic heterocycles. The summed E-state index contributed by atoms with van der Waals surface area (Å²) in [5.41, 5.74) is 1.57. The van der Waals surface area contributed by atoms with E-state index in [0.717, 1.165) is 27.4 Å². The standard InChI is InChI=1S/C14H17N3O2S2/c1-3-20-7-6-13(19)16-10-4-5-11-12(8-10)21-14(17-11)15-9(2)18/h4-5,8H,3,6-7H2,1-2H3,(H,16,19)(H,15,17,18). The zero-order chi connectivity index (χ0) is 15.2. The summed E-state index contributed by atoms with van der Waals surface area (Å²) < 4.78 is 0.930. The van der Waals surface area contributed by atoms with Gasteiger partial charge in [0.15, 0.2) is 5.13 Å². The minimum atomic E-state index is -0.143. The Bertz CT molecular complexity index is 655. The number of carbonyl (C=O) groups excluding carboxylic acids is 2. The maximum atomic E-state index is 11.8. The summed E-state index contributed by atoms with van der Waals surface area (Å²) in [5, 5.41) is 6.12. The number of rotatable bonds is 6. The maximum absolute atomic E-state index is 11.8. The molecule has 0 bridgehead atoms. The van der Waals surface area contributed by atoms with E-state index in [4.69, 9.17) is 0 Å². The van der Waals surface area contributed by atoms with Crippen molar-refractivity contribution in [2.75, 3.05) is 22.1 Å². The molecule has 0 saturated carbocycles. The Labute approximate surface area is 131 Å². The van der Waals surface area contributed by atoms with Crippen molar-refractivity contribution in [3.05, 3.63) is 18.2 Å². The summed E-state index contributed by atoms with van der Waals surface area (Å²) in [6.45, 7) is 3.53. The molecule has 1 aromatic carbocycles. The molecule has 0 fully saturated rings. The van der Waals surface area contributed by atoms with Gasteiger partial charge in [0.05, 0.1) is 10.2 Å². The molecule has 21 heavy (non-hydrogen) atoms. The van der Waals surface area contributed by atoms with E-state index in [1.54, 1.807) is 11.8 Å². The van der Waals surface area contributed by atoms with E-state index >= 15 is 0 Å². The fourth-order valence-electron chi connectivity index (χ4n) is 1.74. The second kappa shape index (κ2) is 7.42. The van der Waals surface area contributed by atoms with E-state index in [-0.39, 0.29) is 11.8 Å². The van der Waals surface area contributed by atoms with Crippen molar-refractivity contribution >= 4 is 55.9 Å². The molecule has 112 valence electrons. The smallest absolute Gasteiger partial charge is 0.225 e. The first kappa shape index (κ1) is 15.8. The fraction of sp³-hybridized carbons (Fsp3) is 0.357. The molecule has 0 radical (unpaired) electrons. The van der Waals surface area contributed by atoms with Crippen LogP contribution in [0.2, 0.25) is 0 Å². The van der Waals surface area contributed by atoms with E-state index in [2.05, 4.69) is 22.5 Å². The van der Waals surface area contributed by atoms with Crippen LogP contribution < -0.4 is 10.6 Å². The summed E-state index contributed by atoms with van der Waals surface area (Å²) in [5.74, 6) is 1.72. The molecule has 0 atom stereocenters. The van der Waals surface area contributed by atoms with Crippen molar-refractivity contribution < 1.29 is 9.59 Å². The van der Waals surface area contributed by atoms with Gasteiger partial charge in [-0.15, -0.1) is 0 Å². The minimum absolute atomic E-state index is 0.0156. The number of hydrogen-bond acceptors (Lipinski definition) is 5. The number of hydrogen-bond donors (Lipinski definition) is 2. The molecule has 0 aliphatic carbocycles. The second-order valence-electron chi connectivity index (χ2n) is 4.38. The van der Waals surface area contributed by atoms with Crippen molar-refractivity contribution in [3.63, 3.8) is 0 Å². The number of thioether (sulfide) groups is 1. The minimum Gasteiger partial charge on any atom is -0.326 e. The summed E-state index contributed by atoms with van der Waals surface area (Å²) in [6.07, 6.45) is 0.510. The van der Waals surface area contributed by atoms with Gasteiger partial charge in [-0.25, -0.2) is 4.98 Å². The van der Waals surface area contributed by atoms with Gasteiger partial charge in [0.25, 0.3) is 0 Å². The number of nitrogens with zero attached hydrogens (tertiary/aromatic N) is 1. The average Bonchev–Trinajstić information content (AvgIpc) is 2.79. The average molecular weight is 323 g/mol. The molecule has 0 unspecified atom stereocenters. The molecule has 2 rings (SSSR count). The number of fused-ring (bicyclic) bond motifs is 1. The van der Waals surface area contributed by atoms with Crippen LogP contribution in [-0.4, -0.2) is 28.3 Å². The van der Waals surface area contributed by atoms with Gasteiger partial charge in [0.2, 0.25) is 11.8 Å². The first-order valence-electron chi connectivity index (χ1n) is 6.64. The lowest BCUT2D eigenvalue weighted by atomic mass is 10.3. The van der Waals surface area contributed by atoms with E-state index in [9.17, 15) is 9.59 Å². The van der Waals surface area contributed by atoms with Crippen molar-refractivity contribution in [1.29, 1.82) is 0 Å². The van der Waals surface area contributed by atoms with Gasteiger partial charge in [-0.05, 0) is 24.0 Å². The van der Waals surface area contributed by atoms with E-state index in [1.165, 1.54) is 18.3 Å². The van der Waals surface area contributed by atoms with Gasteiger partial charge in [-0.3, -0.25) is 9.59 Å². The second-order valence-corrected chi connectivity index (χ2v) is 6.80. The highest BCUT2D eigenvalue weighted by Gasteiger charge is 2.07. The van der Waals surface area contributed by atoms with Crippen molar-refractivity contribution in [2.24, 2.45) is 0 Å². The zero-order valence-electron chi connectivity index (χ0n) is 11.9. The molecule has 1 aromatic heterocycles. The van der Waals surface area contributed by atoms with E-state index < -0.39 is 0 Å². The fourth-order valence-corrected chi connectivity index (χ4v) is 3.31. The van der Waals surface area contributed by atoms with E-state index in [1.807, 2.05) is 18.2 Å². The number of benzene rings is 1. The number of aromatic nitrogens is 1. The molecule has 5 nitrogen and oxygen atoms in total. The van der Waals surface area contributed by atoms with Crippen LogP contribution in [0.5, 0.6) is 0 Å². The number of amides is 2. The largest absolute Gasteiger partial charge is 0.326 e. The van der Waals surface area contributed by atoms with Crippen LogP contribution in [0.4, 0.5) is 10.8 Å². The van der Waals surface area contributed by atoms with Crippen LogP contribution in [-0.2, 0) is 9.59 Å². The number of anilines is 2. The lowest BCUT2D eigenvalue weighted by Crippen LogP contribution is -2.12. The Morgan fingerprint density at radius 3 is 2.86 bits per heavy atom. The molecule has 0 saturated heterocycles. The predicted octanol–water partition coefficient (Wildman–Crippen LogP) is 3.34. The molecule has 2 amide bonds. The van der Waals surface area contributed by atoms with Crippen LogP contribution in [0.25, 0.3) is 10.2 Å². The first-order valence-corrected chi connectivity index (χ1v) is 8.61. The summed E-state index contributed by atoms with van der Waals surface area (Å²) in [4.78, 5) is 27.1. The van der Waals surface area contributed by atoms with Gasteiger partial charge in [0, 0.05) is 24.8 Å². The Morgan fingerprint density at radius 1 is 1.33 bits per heavy atom. The van der Waals surface area contributed by atoms with Crippen LogP contribution in [0, 0.1) is 0 Å². The third kappa shape index (κ3) is 4.71. The summed E-state index contributed by atoms with van der Waals surface area (Å²) >= 11 is 3.14. The highest BCUT2D eigenvalue weighted by Crippen LogP contribution is 2.28. The van der Waals surface area contributed by atoms with Crippen LogP contribution in [0.1, 0.15) is 20.3 Å². The van der Waals surface area contributed by atoms with Gasteiger partial charge in [-0.1, -0.05) is 18.3 Å². The number of thiazole rings is 1. The third-order valence-electron chi connectivity index (χ3n) is 2.63. The molecule has 7 heteroatoms. The number of carbonyl (C=O) groups is 2. The maximum Gasteiger partial charge on any atom is 0.225 e. The van der Waals surface area contributed by atoms with Gasteiger partial charge in [-0.2, -0.15) is 11.8 Å². The number of nitrogens with one attached hydrogen (secondary N) is 2. The lowest BCUT2D eigenvalue weighted by Gasteiger charge is -2.04. The summed E-state index contributed by atoms with van der Waals surface area (Å²) in [7, 11) is 0. The third-order valence-corrected chi connectivity index (χ3v) is 4.47. The van der Waals surface area contributed by atoms with E-state index in [0.29, 0.717) is 11.6 Å². The van der Waals surface area contributed by atoms with Crippen molar-refractivity contribution in [3.8, 4) is 0 Å². The van der Waals surface area contributed by atoms with Gasteiger partial charge < -0.3 is 10.6 Å². The predicted molar refractivity (Wildman–Crippen MR) is 90.2 cm³/mol. The summed E-state index contributed by atoms with van der Waals surface area (Å²) in [6, 6.07) is 5.54. The normalized spacial score (nSPS) is 10.6. The van der Waals surface area contributed by atoms with Gasteiger partial charge in [0.1, 0.15) is 0 Å². The molecular weight excluding hydrogens is 306 g/mol. The zero-order valence-corrected chi connectivity index (χ0v) is 13.6. The lowest BCUT2D eigenvalue weighted by molar-refractivity contribution is -0.116. The van der Waals surface area contributed by atoms with Crippen LogP contribution in [0.3, 0.4) is 0 Å². The highest BCUT2D eigenvalue weighted by atomic mass is 32.2. The monoisotopic (exact) mass is 323 g/mol. The Hall–Kier alpha value is -1.60. The Balaban J connectivity index is 2.04. The molecule has 2 aromatic rings. The van der Waals surface area contributed by atoms with Crippen LogP contribution >= 0.6 is 23.1 Å². The Morgan fingerprint density at radius 2 is 2.14 bits per heavy atom. The van der Waals surface area contributed by atoms with Gasteiger partial charge >= 0.3 is 0 Å². The highest BCUT2D eigenvalue weighted by molar-refractivity contribution is 7.99. The van der Waals surface area contributed by atoms with Crippen molar-refractivity contribution in [1.82, 2.24) is 4.98 Å². The topological polar surface area (TPSA) is 71.1 Å². The first-order chi connectivity index (χ1) is 10.1. The molecule has 0 aliphatic rings. The molecular formula is C14H17N3O2S2. The molecule has 0 spiro atoms. The van der Waals surface area contributed by atoms with Crippen LogP contribution in [0.15, 0.2) is 18.2 Å². The molecule has 1 heterocycles. The van der Waals surface area contributed by atoms with Crippen molar-refractivity contribution in [2.45, 2.75) is 20.3 Å². The molecule has 2 N–H and O–H groups in total. The SMILES string of the molecule is CCSCCC(=O)Nc1ccc2nc(NC(C)=O)sc2c1. The quantitative estimate of drug-likeness (QED) is 0.800.